The van der Waals surface area contributed by atoms with Gasteiger partial charge in [0.05, 0.1) is 12.5 Å². The van der Waals surface area contributed by atoms with Crippen molar-refractivity contribution in [3.05, 3.63) is 36.0 Å². The lowest BCUT2D eigenvalue weighted by Gasteiger charge is -2.25. The van der Waals surface area contributed by atoms with E-state index in [4.69, 9.17) is 14.6 Å². The van der Waals surface area contributed by atoms with E-state index in [2.05, 4.69) is 9.97 Å². The summed E-state index contributed by atoms with van der Waals surface area (Å²) in [6.45, 7) is -0.0363. The largest absolute Gasteiger partial charge is 0.487 e. The number of nitrogens with zero attached hydrogens (tertiary/aromatic N) is 2. The van der Waals surface area contributed by atoms with E-state index in [1.54, 1.807) is 6.07 Å². The van der Waals surface area contributed by atoms with Crippen LogP contribution < -0.4 is 9.47 Å². The average molecular weight is 376 g/mol. The van der Waals surface area contributed by atoms with Crippen LogP contribution in [0.5, 0.6) is 11.6 Å². The predicted molar refractivity (Wildman–Crippen MR) is 90.4 cm³/mol. The molecule has 0 spiro atoms. The zero-order valence-corrected chi connectivity index (χ0v) is 14.4. The molecule has 0 bridgehead atoms. The maximum Gasteiger partial charge on any atom is 0.306 e. The Morgan fingerprint density at radius 3 is 2.59 bits per heavy atom. The van der Waals surface area contributed by atoms with Gasteiger partial charge in [0.1, 0.15) is 6.10 Å². The van der Waals surface area contributed by atoms with Gasteiger partial charge in [0.2, 0.25) is 5.88 Å². The minimum Gasteiger partial charge on any atom is -0.487 e. The first kappa shape index (κ1) is 17.6. The van der Waals surface area contributed by atoms with E-state index in [-0.39, 0.29) is 30.0 Å². The molecule has 0 radical (unpaired) electrons. The summed E-state index contributed by atoms with van der Waals surface area (Å²) in [4.78, 5) is 19.1. The summed E-state index contributed by atoms with van der Waals surface area (Å²) in [7, 11) is 0. The topological polar surface area (TPSA) is 81.5 Å². The second-order valence-electron chi connectivity index (χ2n) is 6.91. The van der Waals surface area contributed by atoms with Crippen molar-refractivity contribution in [2.24, 2.45) is 11.8 Å². The van der Waals surface area contributed by atoms with E-state index in [1.807, 2.05) is 0 Å². The van der Waals surface area contributed by atoms with Crippen molar-refractivity contribution >= 4 is 5.97 Å². The third-order valence-electron chi connectivity index (χ3n) is 4.91. The quantitative estimate of drug-likeness (QED) is 0.797. The zero-order chi connectivity index (χ0) is 19.0. The lowest BCUT2D eigenvalue weighted by atomic mass is 9.96. The molecule has 0 saturated heterocycles. The third-order valence-corrected chi connectivity index (χ3v) is 4.91. The number of ether oxygens (including phenoxy) is 2. The Hall–Kier alpha value is -2.77. The highest BCUT2D eigenvalue weighted by Crippen LogP contribution is 2.39. The predicted octanol–water partition coefficient (Wildman–Crippen LogP) is 3.45. The normalized spacial score (nSPS) is 21.4. The molecule has 1 heterocycles. The minimum absolute atomic E-state index is 0.0363. The van der Waals surface area contributed by atoms with Crippen LogP contribution in [0.15, 0.2) is 24.4 Å². The fourth-order valence-electron chi connectivity index (χ4n) is 2.96. The van der Waals surface area contributed by atoms with Gasteiger partial charge < -0.3 is 14.6 Å². The van der Waals surface area contributed by atoms with Crippen LogP contribution in [0.1, 0.15) is 25.7 Å². The van der Waals surface area contributed by atoms with Gasteiger partial charge in [0.25, 0.3) is 0 Å². The highest BCUT2D eigenvalue weighted by molar-refractivity contribution is 5.73. The molecule has 142 valence electrons. The van der Waals surface area contributed by atoms with E-state index < -0.39 is 29.3 Å². The van der Waals surface area contributed by atoms with Crippen LogP contribution in [0.2, 0.25) is 0 Å². The Balaban J connectivity index is 1.48. The smallest absolute Gasteiger partial charge is 0.306 e. The molecule has 8 heteroatoms. The molecule has 2 atom stereocenters. The lowest BCUT2D eigenvalue weighted by Crippen LogP contribution is -2.25. The number of carboxylic acids is 1. The summed E-state index contributed by atoms with van der Waals surface area (Å²) >= 11 is 0. The molecule has 1 N–H and O–H groups in total. The van der Waals surface area contributed by atoms with Crippen molar-refractivity contribution in [1.29, 1.82) is 0 Å². The van der Waals surface area contributed by atoms with Gasteiger partial charge in [0.15, 0.2) is 23.2 Å². The fourth-order valence-corrected chi connectivity index (χ4v) is 2.96. The van der Waals surface area contributed by atoms with Crippen molar-refractivity contribution < 1.29 is 28.2 Å². The van der Waals surface area contributed by atoms with E-state index >= 15 is 0 Å². The molecule has 2 fully saturated rings. The van der Waals surface area contributed by atoms with Crippen LogP contribution in [0.25, 0.3) is 11.4 Å². The van der Waals surface area contributed by atoms with Crippen molar-refractivity contribution in [3.8, 4) is 23.0 Å². The number of aromatic nitrogens is 2. The van der Waals surface area contributed by atoms with Crippen LogP contribution in [-0.4, -0.2) is 33.8 Å². The van der Waals surface area contributed by atoms with Gasteiger partial charge in [-0.15, -0.1) is 0 Å². The molecule has 1 aromatic carbocycles. The third kappa shape index (κ3) is 3.84. The molecule has 27 heavy (non-hydrogen) atoms. The van der Waals surface area contributed by atoms with Crippen molar-refractivity contribution in [1.82, 2.24) is 9.97 Å². The standard InChI is InChI=1S/C19H18F2N2O4/c20-14-7-10(18-22-5-4-16(23-18)27-12-2-1-3-12)8-15(21)17(14)26-9-11-6-13(11)19(24)25/h4-5,7-8,11-13H,1-3,6,9H2,(H,24,25). The van der Waals surface area contributed by atoms with Gasteiger partial charge in [-0.2, -0.15) is 4.98 Å². The summed E-state index contributed by atoms with van der Waals surface area (Å²) in [5.41, 5.74) is 0.172. The molecule has 0 aliphatic heterocycles. The Morgan fingerprint density at radius 2 is 2.00 bits per heavy atom. The molecule has 4 rings (SSSR count). The van der Waals surface area contributed by atoms with Gasteiger partial charge in [0, 0.05) is 23.7 Å². The van der Waals surface area contributed by atoms with E-state index in [9.17, 15) is 13.6 Å². The Kier molecular flexibility index (Phi) is 4.63. The fraction of sp³-hybridized carbons (Fsp3) is 0.421. The molecule has 2 unspecified atom stereocenters. The first-order valence-corrected chi connectivity index (χ1v) is 8.86. The molecule has 2 aliphatic rings. The molecule has 0 amide bonds. The number of carbonyl (C=O) groups is 1. The molecule has 2 aliphatic carbocycles. The van der Waals surface area contributed by atoms with Gasteiger partial charge in [-0.3, -0.25) is 4.79 Å². The summed E-state index contributed by atoms with van der Waals surface area (Å²) in [5.74, 6) is -3.38. The number of rotatable bonds is 7. The van der Waals surface area contributed by atoms with Crippen molar-refractivity contribution in [2.75, 3.05) is 6.61 Å². The number of halogens is 2. The zero-order valence-electron chi connectivity index (χ0n) is 14.4. The second-order valence-corrected chi connectivity index (χ2v) is 6.91. The molecular formula is C19H18F2N2O4. The van der Waals surface area contributed by atoms with Crippen molar-refractivity contribution in [3.63, 3.8) is 0 Å². The van der Waals surface area contributed by atoms with Gasteiger partial charge in [-0.1, -0.05) is 0 Å². The number of benzene rings is 1. The molecule has 6 nitrogen and oxygen atoms in total. The van der Waals surface area contributed by atoms with Crippen LogP contribution >= 0.6 is 0 Å². The Morgan fingerprint density at radius 1 is 1.26 bits per heavy atom. The average Bonchev–Trinajstić information content (AvgIpc) is 3.37. The van der Waals surface area contributed by atoms with Crippen LogP contribution in [-0.2, 0) is 4.79 Å². The van der Waals surface area contributed by atoms with Crippen molar-refractivity contribution in [2.45, 2.75) is 31.8 Å². The number of carboxylic acid groups (broad SMARTS) is 1. The van der Waals surface area contributed by atoms with Gasteiger partial charge >= 0.3 is 5.97 Å². The minimum atomic E-state index is -0.916. The second kappa shape index (κ2) is 7.09. The number of aliphatic carboxylic acids is 1. The van der Waals surface area contributed by atoms with Gasteiger partial charge in [-0.25, -0.2) is 13.8 Å². The summed E-state index contributed by atoms with van der Waals surface area (Å²) in [6.07, 6.45) is 5.13. The maximum atomic E-state index is 14.3. The first-order chi connectivity index (χ1) is 13.0. The van der Waals surface area contributed by atoms with Crippen LogP contribution in [0.3, 0.4) is 0 Å². The van der Waals surface area contributed by atoms with E-state index in [0.717, 1.165) is 31.4 Å². The van der Waals surface area contributed by atoms with Crippen LogP contribution in [0, 0.1) is 23.5 Å². The highest BCUT2D eigenvalue weighted by Gasteiger charge is 2.43. The van der Waals surface area contributed by atoms with E-state index in [1.165, 1.54) is 6.20 Å². The number of hydrogen-bond acceptors (Lipinski definition) is 5. The monoisotopic (exact) mass is 376 g/mol. The maximum absolute atomic E-state index is 14.3. The highest BCUT2D eigenvalue weighted by atomic mass is 19.1. The van der Waals surface area contributed by atoms with Gasteiger partial charge in [-0.05, 0) is 37.8 Å². The Labute approximate surface area is 154 Å². The molecule has 2 aromatic rings. The molecule has 2 saturated carbocycles. The number of hydrogen-bond donors (Lipinski definition) is 1. The SMILES string of the molecule is O=C(O)C1CC1COc1c(F)cc(-c2nccc(OC3CCC3)n2)cc1F. The lowest BCUT2D eigenvalue weighted by molar-refractivity contribution is -0.138. The van der Waals surface area contributed by atoms with Crippen LogP contribution in [0.4, 0.5) is 8.78 Å². The first-order valence-electron chi connectivity index (χ1n) is 8.86. The summed E-state index contributed by atoms with van der Waals surface area (Å²) in [6, 6.07) is 3.81. The Bertz CT molecular complexity index is 850. The summed E-state index contributed by atoms with van der Waals surface area (Å²) < 4.78 is 39.5. The molecule has 1 aromatic heterocycles. The van der Waals surface area contributed by atoms with E-state index in [0.29, 0.717) is 12.3 Å². The molecular weight excluding hydrogens is 358 g/mol. The summed E-state index contributed by atoms with van der Waals surface area (Å²) in [5, 5.41) is 8.86.